The summed E-state index contributed by atoms with van der Waals surface area (Å²) in [6, 6.07) is 54.9. The van der Waals surface area contributed by atoms with E-state index in [-0.39, 0.29) is 24.8 Å². The maximum absolute atomic E-state index is 2.87. The van der Waals surface area contributed by atoms with Crippen LogP contribution < -0.4 is 24.8 Å². The van der Waals surface area contributed by atoms with E-state index in [0.29, 0.717) is 7.25 Å². The fraction of sp³-hybridized carbons (Fsp3) is 0.0930. The van der Waals surface area contributed by atoms with Gasteiger partial charge in [-0.15, -0.1) is 0 Å². The monoisotopic (exact) mass is 710 g/mol. The van der Waals surface area contributed by atoms with E-state index in [1.807, 2.05) is 0 Å². The van der Waals surface area contributed by atoms with Crippen LogP contribution in [0.3, 0.4) is 0 Å². The van der Waals surface area contributed by atoms with Crippen LogP contribution in [0.15, 0.2) is 152 Å². The van der Waals surface area contributed by atoms with E-state index >= 15 is 0 Å². The predicted octanol–water partition coefficient (Wildman–Crippen LogP) is 4.70. The summed E-state index contributed by atoms with van der Waals surface area (Å²) in [6.07, 6.45) is 5.00. The number of hydrogen-bond acceptors (Lipinski definition) is 0. The normalized spacial score (nSPS) is 13.8. The minimum Gasteiger partial charge on any atom is -1.00 e. The van der Waals surface area contributed by atoms with Crippen LogP contribution in [0.5, 0.6) is 0 Å². The van der Waals surface area contributed by atoms with Crippen LogP contribution in [0, 0.1) is 13.8 Å². The topological polar surface area (TPSA) is 0 Å². The maximum atomic E-state index is 2.58. The number of benzene rings is 6. The first-order chi connectivity index (χ1) is 21.7. The first-order valence-corrected chi connectivity index (χ1v) is 19.7. The van der Waals surface area contributed by atoms with Gasteiger partial charge in [0.05, 0.1) is 0 Å². The Morgan fingerprint density at radius 3 is 1.59 bits per heavy atom. The van der Waals surface area contributed by atoms with Crippen molar-refractivity contribution in [3.63, 3.8) is 0 Å². The van der Waals surface area contributed by atoms with Crippen LogP contribution in [0.1, 0.15) is 51.8 Å². The third-order valence-electron chi connectivity index (χ3n) is 9.39. The molecule has 3 heteroatoms. The smallest absolute Gasteiger partial charge is 1.00 e. The molecule has 0 N–H and O–H groups in total. The van der Waals surface area contributed by atoms with E-state index in [4.69, 9.17) is 0 Å². The molecule has 6 aromatic rings. The molecule has 2 aliphatic carbocycles. The van der Waals surface area contributed by atoms with E-state index in [2.05, 4.69) is 172 Å². The quantitative estimate of drug-likeness (QED) is 0.243. The van der Waals surface area contributed by atoms with Gasteiger partial charge in [-0.3, -0.25) is 0 Å². The van der Waals surface area contributed by atoms with Crippen molar-refractivity contribution in [2.75, 3.05) is 0 Å². The van der Waals surface area contributed by atoms with Gasteiger partial charge in [-0.25, -0.2) is 0 Å². The Kier molecular flexibility index (Phi) is 9.58. The Bertz CT molecular complexity index is 1990. The zero-order valence-electron chi connectivity index (χ0n) is 25.9. The molecule has 8 rings (SSSR count). The molecule has 0 aliphatic heterocycles. The second-order valence-electron chi connectivity index (χ2n) is 12.2. The molecule has 6 aromatic carbocycles. The van der Waals surface area contributed by atoms with E-state index in [1.165, 1.54) is 66.8 Å². The first-order valence-electron chi connectivity index (χ1n) is 15.6. The second-order valence-corrected chi connectivity index (χ2v) is 18.6. The zero-order chi connectivity index (χ0) is 29.6. The predicted molar refractivity (Wildman–Crippen MR) is 183 cm³/mol. The molecule has 0 heterocycles. The van der Waals surface area contributed by atoms with Crippen molar-refractivity contribution in [3.05, 3.63) is 196 Å². The van der Waals surface area contributed by atoms with Crippen LogP contribution in [0.4, 0.5) is 0 Å². The molecule has 1 unspecified atom stereocenters. The largest absolute Gasteiger partial charge is 1.00 e. The summed E-state index contributed by atoms with van der Waals surface area (Å²) in [5.41, 5.74) is 16.9. The molecule has 0 bridgehead atoms. The van der Waals surface area contributed by atoms with Gasteiger partial charge in [0.25, 0.3) is 0 Å². The minimum atomic E-state index is -2.87. The molecule has 0 fully saturated rings. The van der Waals surface area contributed by atoms with Crippen molar-refractivity contribution >= 4 is 9.28 Å². The zero-order valence-corrected chi connectivity index (χ0v) is 29.9. The molecule has 0 aromatic heterocycles. The molecule has 2 aliphatic rings. The molecular weight excluding hydrogens is 679 g/mol. The van der Waals surface area contributed by atoms with E-state index in [9.17, 15) is 0 Å². The van der Waals surface area contributed by atoms with Crippen LogP contribution >= 0.6 is 0 Å². The molecule has 0 radical (unpaired) electrons. The summed E-state index contributed by atoms with van der Waals surface area (Å²) in [5, 5.41) is 0. The molecule has 224 valence electrons. The standard InChI is InChI=1S/C15H13.C15H11.C13H10.2ClH.Zr/c1-10-3-5-14-12(7-10)9-13-8-11(2)4-6-15(13)14;1-2-6-12(7-3-1)14-10-4-8-13-9-5-11-15(13)14;1-3-7-12(8-4-1)11-13-9-5-2-6-10-13;;;/h3-9H,1-2H3;1-11H;1-10H;2*1H;/q;;;;;+2/p-2. The Hall–Kier alpha value is -3.61. The number of hydrogen-bond donors (Lipinski definition) is 0. The van der Waals surface area contributed by atoms with Gasteiger partial charge in [0, 0.05) is 0 Å². The van der Waals surface area contributed by atoms with Crippen molar-refractivity contribution in [3.8, 4) is 22.3 Å². The number of aryl methyl sites for hydroxylation is 2. The van der Waals surface area contributed by atoms with E-state index in [1.54, 1.807) is 3.21 Å². The van der Waals surface area contributed by atoms with Gasteiger partial charge in [-0.1, -0.05) is 0 Å². The van der Waals surface area contributed by atoms with Gasteiger partial charge >= 0.3 is 270 Å². The summed E-state index contributed by atoms with van der Waals surface area (Å²) < 4.78 is 2.37. The van der Waals surface area contributed by atoms with Crippen LogP contribution in [0.2, 0.25) is 0 Å². The number of allylic oxidation sites excluding steroid dienone is 1. The third kappa shape index (κ3) is 5.64. The van der Waals surface area contributed by atoms with Crippen molar-refractivity contribution in [1.29, 1.82) is 0 Å². The van der Waals surface area contributed by atoms with E-state index in [0.717, 1.165) is 0 Å². The summed E-state index contributed by atoms with van der Waals surface area (Å²) in [6.45, 7) is 4.51. The SMILES string of the molecule is Cc1ccc2c(c1)[CH]([Zr+2](=[C](c1ccccc1)c1ccccc1)[CH]1C=Cc3cccc(-c4ccccc4)c31)c1cc(C)ccc1-2.[Cl-].[Cl-]. The summed E-state index contributed by atoms with van der Waals surface area (Å²) >= 11 is -2.87. The minimum absolute atomic E-state index is 0. The number of fused-ring (bicyclic) bond motifs is 4. The van der Waals surface area contributed by atoms with Crippen LogP contribution in [0.25, 0.3) is 28.3 Å². The second kappa shape index (κ2) is 13.6. The fourth-order valence-electron chi connectivity index (χ4n) is 7.52. The van der Waals surface area contributed by atoms with Gasteiger partial charge < -0.3 is 24.8 Å². The Morgan fingerprint density at radius 2 is 1.04 bits per heavy atom. The Labute approximate surface area is 292 Å². The Balaban J connectivity index is 0.00000186. The van der Waals surface area contributed by atoms with Gasteiger partial charge in [-0.05, 0) is 0 Å². The van der Waals surface area contributed by atoms with Crippen molar-refractivity contribution in [1.82, 2.24) is 0 Å². The van der Waals surface area contributed by atoms with Gasteiger partial charge in [0.1, 0.15) is 0 Å². The maximum Gasteiger partial charge on any atom is -1.00 e. The summed E-state index contributed by atoms with van der Waals surface area (Å²) in [4.78, 5) is 0. The third-order valence-corrected chi connectivity index (χ3v) is 18.1. The average Bonchev–Trinajstić information content (AvgIpc) is 3.63. The van der Waals surface area contributed by atoms with Crippen molar-refractivity contribution < 1.29 is 46.1 Å². The molecular formula is C43H34Cl2Zr. The first kappa shape index (κ1) is 32.3. The van der Waals surface area contributed by atoms with Crippen molar-refractivity contribution in [2.24, 2.45) is 0 Å². The van der Waals surface area contributed by atoms with Gasteiger partial charge in [0.15, 0.2) is 0 Å². The molecule has 1 atom stereocenters. The molecule has 0 amide bonds. The number of rotatable bonds is 5. The molecule has 0 saturated heterocycles. The van der Waals surface area contributed by atoms with E-state index < -0.39 is 21.3 Å². The van der Waals surface area contributed by atoms with Crippen LogP contribution in [-0.4, -0.2) is 3.21 Å². The molecule has 0 nitrogen and oxygen atoms in total. The number of halogens is 2. The van der Waals surface area contributed by atoms with Gasteiger partial charge in [-0.2, -0.15) is 0 Å². The van der Waals surface area contributed by atoms with Crippen molar-refractivity contribution in [2.45, 2.75) is 21.1 Å². The summed E-state index contributed by atoms with van der Waals surface area (Å²) in [7, 11) is 0. The molecule has 46 heavy (non-hydrogen) atoms. The fourth-order valence-corrected chi connectivity index (χ4v) is 17.5. The average molecular weight is 713 g/mol. The van der Waals surface area contributed by atoms with Gasteiger partial charge in [0.2, 0.25) is 0 Å². The Morgan fingerprint density at radius 1 is 0.522 bits per heavy atom. The molecule has 0 saturated carbocycles. The summed E-state index contributed by atoms with van der Waals surface area (Å²) in [5.74, 6) is 0. The molecule has 0 spiro atoms. The van der Waals surface area contributed by atoms with Crippen LogP contribution in [-0.2, 0) is 21.3 Å².